The summed E-state index contributed by atoms with van der Waals surface area (Å²) in [5.41, 5.74) is -0.718. The standard InChI is InChI=1S/C27H52N2O3/c1-25(2,3)22(30)18-13-11-10-12-16-20-28-23(31)19-15-14-17-21(29-27(7,8)9)24(32)26(4,5)6/h21,29H,10-20H2,1-9H3,(H,28,31). The van der Waals surface area contributed by atoms with E-state index in [4.69, 9.17) is 0 Å². The van der Waals surface area contributed by atoms with Crippen molar-refractivity contribution in [1.29, 1.82) is 0 Å². The summed E-state index contributed by atoms with van der Waals surface area (Å²) >= 11 is 0. The predicted molar refractivity (Wildman–Crippen MR) is 135 cm³/mol. The predicted octanol–water partition coefficient (Wildman–Crippen LogP) is 5.99. The number of hydrogen-bond donors (Lipinski definition) is 2. The molecule has 1 unspecified atom stereocenters. The molecule has 1 amide bonds. The van der Waals surface area contributed by atoms with Crippen molar-refractivity contribution in [3.05, 3.63) is 0 Å². The van der Waals surface area contributed by atoms with Gasteiger partial charge in [-0.3, -0.25) is 14.4 Å². The number of unbranched alkanes of at least 4 members (excludes halogenated alkanes) is 5. The van der Waals surface area contributed by atoms with Crippen LogP contribution in [-0.2, 0) is 14.4 Å². The number of nitrogens with one attached hydrogen (secondary N) is 2. The summed E-state index contributed by atoms with van der Waals surface area (Å²) in [7, 11) is 0. The summed E-state index contributed by atoms with van der Waals surface area (Å²) in [6.07, 6.45) is 8.82. The molecule has 0 heterocycles. The van der Waals surface area contributed by atoms with Crippen LogP contribution in [0.15, 0.2) is 0 Å². The van der Waals surface area contributed by atoms with Crippen LogP contribution in [0.1, 0.15) is 127 Å². The molecule has 5 heteroatoms. The fourth-order valence-electron chi connectivity index (χ4n) is 3.58. The highest BCUT2D eigenvalue weighted by Gasteiger charge is 2.31. The van der Waals surface area contributed by atoms with Crippen molar-refractivity contribution in [2.45, 2.75) is 138 Å². The van der Waals surface area contributed by atoms with E-state index >= 15 is 0 Å². The van der Waals surface area contributed by atoms with Gasteiger partial charge in [0.15, 0.2) is 5.78 Å². The lowest BCUT2D eigenvalue weighted by Gasteiger charge is -2.31. The molecule has 0 rings (SSSR count). The Morgan fingerprint density at radius 3 is 1.72 bits per heavy atom. The highest BCUT2D eigenvalue weighted by atomic mass is 16.1. The van der Waals surface area contributed by atoms with Gasteiger partial charge in [-0.2, -0.15) is 0 Å². The summed E-state index contributed by atoms with van der Waals surface area (Å²) in [5.74, 6) is 0.677. The second-order valence-electron chi connectivity index (χ2n) is 12.3. The lowest BCUT2D eigenvalue weighted by molar-refractivity contribution is -0.129. The molecule has 32 heavy (non-hydrogen) atoms. The molecule has 0 aromatic carbocycles. The van der Waals surface area contributed by atoms with Crippen LogP contribution in [0, 0.1) is 10.8 Å². The molecule has 0 bridgehead atoms. The van der Waals surface area contributed by atoms with E-state index in [1.54, 1.807) is 0 Å². The van der Waals surface area contributed by atoms with Crippen molar-refractivity contribution in [2.75, 3.05) is 6.54 Å². The summed E-state index contributed by atoms with van der Waals surface area (Å²) in [6.45, 7) is 18.8. The van der Waals surface area contributed by atoms with Crippen LogP contribution >= 0.6 is 0 Å². The minimum atomic E-state index is -0.373. The SMILES string of the molecule is CC(C)(C)NC(CCCCC(=O)NCCCCCCCC(=O)C(C)(C)C)C(=O)C(C)(C)C. The van der Waals surface area contributed by atoms with Crippen molar-refractivity contribution >= 4 is 17.5 Å². The number of amides is 1. The van der Waals surface area contributed by atoms with Gasteiger partial charge < -0.3 is 10.6 Å². The number of rotatable bonds is 15. The first-order valence-electron chi connectivity index (χ1n) is 12.7. The normalized spacial score (nSPS) is 13.7. The molecule has 0 aliphatic heterocycles. The molecule has 0 saturated heterocycles. The molecule has 0 aliphatic rings. The fourth-order valence-corrected chi connectivity index (χ4v) is 3.58. The van der Waals surface area contributed by atoms with Gasteiger partial charge in [0.05, 0.1) is 6.04 Å². The lowest BCUT2D eigenvalue weighted by atomic mass is 9.83. The summed E-state index contributed by atoms with van der Waals surface area (Å²) in [6, 6.07) is -0.170. The van der Waals surface area contributed by atoms with Gasteiger partial charge in [-0.1, -0.05) is 67.2 Å². The van der Waals surface area contributed by atoms with Gasteiger partial charge in [0, 0.05) is 35.8 Å². The van der Waals surface area contributed by atoms with Gasteiger partial charge in [0.25, 0.3) is 0 Å². The molecular formula is C27H52N2O3. The van der Waals surface area contributed by atoms with Gasteiger partial charge in [-0.15, -0.1) is 0 Å². The Morgan fingerprint density at radius 1 is 0.656 bits per heavy atom. The van der Waals surface area contributed by atoms with Crippen molar-refractivity contribution in [3.63, 3.8) is 0 Å². The Kier molecular flexibility index (Phi) is 13.6. The molecule has 0 aromatic heterocycles. The zero-order chi connectivity index (χ0) is 25.0. The Hall–Kier alpha value is -1.23. The number of hydrogen-bond acceptors (Lipinski definition) is 4. The molecule has 0 radical (unpaired) electrons. The van der Waals surface area contributed by atoms with E-state index in [0.717, 1.165) is 57.9 Å². The van der Waals surface area contributed by atoms with Crippen molar-refractivity contribution in [2.24, 2.45) is 10.8 Å². The first-order valence-corrected chi connectivity index (χ1v) is 12.7. The molecule has 2 N–H and O–H groups in total. The molecule has 0 aromatic rings. The van der Waals surface area contributed by atoms with E-state index in [0.29, 0.717) is 18.6 Å². The Bertz CT molecular complexity index is 577. The highest BCUT2D eigenvalue weighted by molar-refractivity contribution is 5.88. The molecule has 1 atom stereocenters. The molecule has 5 nitrogen and oxygen atoms in total. The maximum Gasteiger partial charge on any atom is 0.219 e. The summed E-state index contributed by atoms with van der Waals surface area (Å²) in [5, 5.41) is 6.47. The Morgan fingerprint density at radius 2 is 1.19 bits per heavy atom. The zero-order valence-corrected chi connectivity index (χ0v) is 22.6. The maximum absolute atomic E-state index is 12.8. The number of carbonyl (C=O) groups is 3. The summed E-state index contributed by atoms with van der Waals surface area (Å²) < 4.78 is 0. The first kappa shape index (κ1) is 30.8. The zero-order valence-electron chi connectivity index (χ0n) is 22.6. The smallest absolute Gasteiger partial charge is 0.219 e. The lowest BCUT2D eigenvalue weighted by Crippen LogP contribution is -2.50. The van der Waals surface area contributed by atoms with Gasteiger partial charge >= 0.3 is 0 Å². The van der Waals surface area contributed by atoms with Crippen LogP contribution < -0.4 is 10.6 Å². The van der Waals surface area contributed by atoms with Crippen molar-refractivity contribution in [3.8, 4) is 0 Å². The van der Waals surface area contributed by atoms with Crippen LogP contribution in [-0.4, -0.2) is 35.6 Å². The van der Waals surface area contributed by atoms with E-state index in [-0.39, 0.29) is 34.1 Å². The minimum absolute atomic E-state index is 0.100. The van der Waals surface area contributed by atoms with Gasteiger partial charge in [0.1, 0.15) is 5.78 Å². The average molecular weight is 453 g/mol. The van der Waals surface area contributed by atoms with E-state index in [9.17, 15) is 14.4 Å². The maximum atomic E-state index is 12.8. The van der Waals surface area contributed by atoms with Crippen molar-refractivity contribution in [1.82, 2.24) is 10.6 Å². The quantitative estimate of drug-likeness (QED) is 0.299. The fraction of sp³-hybridized carbons (Fsp3) is 0.889. The molecule has 0 saturated carbocycles. The average Bonchev–Trinajstić information content (AvgIpc) is 2.63. The topological polar surface area (TPSA) is 75.3 Å². The largest absolute Gasteiger partial charge is 0.356 e. The van der Waals surface area contributed by atoms with E-state index in [1.165, 1.54) is 0 Å². The van der Waals surface area contributed by atoms with E-state index in [1.807, 2.05) is 41.5 Å². The molecular weight excluding hydrogens is 400 g/mol. The van der Waals surface area contributed by atoms with Crippen LogP contribution in [0.25, 0.3) is 0 Å². The second kappa shape index (κ2) is 14.1. The number of ketones is 2. The Labute approximate surface area is 198 Å². The monoisotopic (exact) mass is 452 g/mol. The molecule has 0 aliphatic carbocycles. The minimum Gasteiger partial charge on any atom is -0.356 e. The molecule has 0 spiro atoms. The van der Waals surface area contributed by atoms with E-state index < -0.39 is 0 Å². The first-order chi connectivity index (χ1) is 14.5. The third kappa shape index (κ3) is 15.6. The van der Waals surface area contributed by atoms with Gasteiger partial charge in [-0.05, 0) is 46.5 Å². The second-order valence-corrected chi connectivity index (χ2v) is 12.3. The number of carbonyl (C=O) groups excluding carboxylic acids is 3. The number of Topliss-reactive ketones (excluding diaryl/α,β-unsaturated/α-hetero) is 2. The van der Waals surface area contributed by atoms with Crippen LogP contribution in [0.5, 0.6) is 0 Å². The van der Waals surface area contributed by atoms with Crippen LogP contribution in [0.4, 0.5) is 0 Å². The summed E-state index contributed by atoms with van der Waals surface area (Å²) in [4.78, 5) is 36.7. The molecule has 0 fully saturated rings. The van der Waals surface area contributed by atoms with E-state index in [2.05, 4.69) is 31.4 Å². The van der Waals surface area contributed by atoms with Crippen LogP contribution in [0.2, 0.25) is 0 Å². The third-order valence-electron chi connectivity index (χ3n) is 5.55. The van der Waals surface area contributed by atoms with Crippen molar-refractivity contribution < 1.29 is 14.4 Å². The third-order valence-corrected chi connectivity index (χ3v) is 5.55. The molecule has 188 valence electrons. The van der Waals surface area contributed by atoms with Gasteiger partial charge in [-0.25, -0.2) is 0 Å². The Balaban J connectivity index is 3.96. The highest BCUT2D eigenvalue weighted by Crippen LogP contribution is 2.21. The van der Waals surface area contributed by atoms with Gasteiger partial charge in [0.2, 0.25) is 5.91 Å². The van der Waals surface area contributed by atoms with Crippen LogP contribution in [0.3, 0.4) is 0 Å².